The molecule has 4 atom stereocenters. The highest BCUT2D eigenvalue weighted by Crippen LogP contribution is 2.38. The first-order valence-electron chi connectivity index (χ1n) is 4.07. The summed E-state index contributed by atoms with van der Waals surface area (Å²) in [6, 6.07) is 0. The molecule has 0 aliphatic carbocycles. The molecule has 0 heterocycles. The van der Waals surface area contributed by atoms with Crippen LogP contribution in [0.15, 0.2) is 0 Å². The zero-order chi connectivity index (χ0) is 12.9. The molecular formula is C6H13O9P. The molecule has 0 bridgehead atoms. The number of phosphoric acid groups is 1. The van der Waals surface area contributed by atoms with Gasteiger partial charge in [0.05, 0.1) is 6.61 Å². The quantitative estimate of drug-likeness (QED) is 0.203. The van der Waals surface area contributed by atoms with Crippen LogP contribution in [0.5, 0.6) is 0 Å². The summed E-state index contributed by atoms with van der Waals surface area (Å²) in [6.07, 6.45) is -7.98. The molecule has 0 aromatic rings. The van der Waals surface area contributed by atoms with Crippen molar-refractivity contribution in [2.75, 3.05) is 6.61 Å². The smallest absolute Gasteiger partial charge is 0.394 e. The number of hydrogen-bond acceptors (Lipinski definition) is 7. The number of aliphatic hydroxyl groups excluding tert-OH is 4. The Labute approximate surface area is 90.2 Å². The Hall–Kier alpha value is -0.380. The Balaban J connectivity index is 4.59. The summed E-state index contributed by atoms with van der Waals surface area (Å²) in [5, 5.41) is 35.7. The van der Waals surface area contributed by atoms with Crippen molar-refractivity contribution >= 4 is 14.1 Å². The highest BCUT2D eigenvalue weighted by Gasteiger charge is 2.35. The lowest BCUT2D eigenvalue weighted by atomic mass is 10.0. The molecule has 0 saturated heterocycles. The van der Waals surface area contributed by atoms with E-state index in [1.54, 1.807) is 0 Å². The minimum atomic E-state index is -5.02. The summed E-state index contributed by atoms with van der Waals surface area (Å²) in [5.41, 5.74) is 0. The molecule has 0 aromatic carbocycles. The van der Waals surface area contributed by atoms with Crippen molar-refractivity contribution in [2.24, 2.45) is 0 Å². The van der Waals surface area contributed by atoms with Crippen molar-refractivity contribution in [1.29, 1.82) is 0 Å². The molecule has 16 heavy (non-hydrogen) atoms. The van der Waals surface area contributed by atoms with E-state index >= 15 is 0 Å². The minimum Gasteiger partial charge on any atom is -0.394 e. The van der Waals surface area contributed by atoms with Gasteiger partial charge >= 0.3 is 7.82 Å². The summed E-state index contributed by atoms with van der Waals surface area (Å²) in [6.45, 7) is -0.903. The van der Waals surface area contributed by atoms with Crippen molar-refractivity contribution in [3.05, 3.63) is 0 Å². The molecule has 0 fully saturated rings. The maximum Gasteiger partial charge on any atom is 0.470 e. The summed E-state index contributed by atoms with van der Waals surface area (Å²) < 4.78 is 14.2. The molecule has 0 rings (SSSR count). The van der Waals surface area contributed by atoms with Crippen LogP contribution >= 0.6 is 7.82 Å². The Morgan fingerprint density at radius 3 is 2.00 bits per heavy atom. The van der Waals surface area contributed by atoms with E-state index in [9.17, 15) is 14.5 Å². The van der Waals surface area contributed by atoms with Crippen LogP contribution in [0.1, 0.15) is 0 Å². The summed E-state index contributed by atoms with van der Waals surface area (Å²) in [4.78, 5) is 27.1. The fraction of sp³-hybridized carbons (Fsp3) is 0.833. The number of aldehydes is 1. The third-order valence-electron chi connectivity index (χ3n) is 1.66. The average molecular weight is 260 g/mol. The van der Waals surface area contributed by atoms with Crippen LogP contribution in [0.25, 0.3) is 0 Å². The van der Waals surface area contributed by atoms with E-state index in [-0.39, 0.29) is 6.29 Å². The highest BCUT2D eigenvalue weighted by atomic mass is 31.2. The van der Waals surface area contributed by atoms with Crippen molar-refractivity contribution < 1.29 is 44.1 Å². The van der Waals surface area contributed by atoms with Crippen LogP contribution in [0.3, 0.4) is 0 Å². The van der Waals surface area contributed by atoms with Gasteiger partial charge in [0, 0.05) is 0 Å². The van der Waals surface area contributed by atoms with E-state index in [4.69, 9.17) is 25.1 Å². The number of phosphoric ester groups is 1. The first-order valence-corrected chi connectivity index (χ1v) is 5.60. The van der Waals surface area contributed by atoms with Gasteiger partial charge in [-0.1, -0.05) is 0 Å². The van der Waals surface area contributed by atoms with Gasteiger partial charge in [0.1, 0.15) is 18.3 Å². The van der Waals surface area contributed by atoms with Gasteiger partial charge in [-0.25, -0.2) is 4.57 Å². The monoisotopic (exact) mass is 260 g/mol. The maximum absolute atomic E-state index is 10.4. The third-order valence-corrected chi connectivity index (χ3v) is 2.18. The zero-order valence-corrected chi connectivity index (χ0v) is 8.84. The molecule has 0 aromatic heterocycles. The maximum atomic E-state index is 10.4. The molecule has 6 N–H and O–H groups in total. The predicted octanol–water partition coefficient (Wildman–Crippen LogP) is -3.26. The Kier molecular flexibility index (Phi) is 6.23. The van der Waals surface area contributed by atoms with E-state index in [0.717, 1.165) is 0 Å². The normalized spacial score (nSPS) is 19.9. The van der Waals surface area contributed by atoms with Crippen LogP contribution < -0.4 is 0 Å². The first-order chi connectivity index (χ1) is 7.22. The zero-order valence-electron chi connectivity index (χ0n) is 7.95. The summed E-state index contributed by atoms with van der Waals surface area (Å²) in [7, 11) is -5.02. The van der Waals surface area contributed by atoms with Crippen LogP contribution in [0, 0.1) is 0 Å². The number of rotatable bonds is 7. The second-order valence-corrected chi connectivity index (χ2v) is 4.12. The largest absolute Gasteiger partial charge is 0.470 e. The first kappa shape index (κ1) is 15.6. The van der Waals surface area contributed by atoms with Gasteiger partial charge in [-0.3, -0.25) is 4.52 Å². The van der Waals surface area contributed by atoms with Crippen LogP contribution in [0.2, 0.25) is 0 Å². The Morgan fingerprint density at radius 2 is 1.69 bits per heavy atom. The molecule has 10 heteroatoms. The van der Waals surface area contributed by atoms with E-state index < -0.39 is 38.8 Å². The van der Waals surface area contributed by atoms with Crippen molar-refractivity contribution in [2.45, 2.75) is 24.4 Å². The topological polar surface area (TPSA) is 165 Å². The number of carbonyl (C=O) groups excluding carboxylic acids is 1. The van der Waals surface area contributed by atoms with Gasteiger partial charge in [-0.15, -0.1) is 0 Å². The van der Waals surface area contributed by atoms with Gasteiger partial charge in [0.2, 0.25) is 0 Å². The lowest BCUT2D eigenvalue weighted by molar-refractivity contribution is -0.135. The van der Waals surface area contributed by atoms with Gasteiger partial charge < -0.3 is 35.0 Å². The molecular weight excluding hydrogens is 247 g/mol. The second kappa shape index (κ2) is 6.38. The Morgan fingerprint density at radius 1 is 1.19 bits per heavy atom. The molecule has 9 nitrogen and oxygen atoms in total. The summed E-state index contributed by atoms with van der Waals surface area (Å²) in [5.74, 6) is 0. The van der Waals surface area contributed by atoms with E-state index in [2.05, 4.69) is 4.52 Å². The van der Waals surface area contributed by atoms with E-state index in [1.807, 2.05) is 0 Å². The minimum absolute atomic E-state index is 0.142. The van der Waals surface area contributed by atoms with E-state index in [0.29, 0.717) is 0 Å². The highest BCUT2D eigenvalue weighted by molar-refractivity contribution is 7.46. The van der Waals surface area contributed by atoms with Crippen molar-refractivity contribution in [3.63, 3.8) is 0 Å². The van der Waals surface area contributed by atoms with Gasteiger partial charge in [0.25, 0.3) is 0 Å². The van der Waals surface area contributed by atoms with Gasteiger partial charge in [-0.05, 0) is 0 Å². The van der Waals surface area contributed by atoms with E-state index in [1.165, 1.54) is 0 Å². The van der Waals surface area contributed by atoms with Crippen LogP contribution in [-0.2, 0) is 13.9 Å². The number of hydrogen-bond donors (Lipinski definition) is 6. The van der Waals surface area contributed by atoms with Gasteiger partial charge in [0.15, 0.2) is 12.4 Å². The molecule has 0 saturated carbocycles. The summed E-state index contributed by atoms with van der Waals surface area (Å²) >= 11 is 0. The molecule has 0 amide bonds. The SMILES string of the molecule is O=C[C@H](OP(=O)(O)O)[C@H](O)[C@H](O)[C@H](O)CO. The lowest BCUT2D eigenvalue weighted by Crippen LogP contribution is -2.47. The molecule has 0 radical (unpaired) electrons. The molecule has 0 spiro atoms. The molecule has 0 aliphatic rings. The van der Waals surface area contributed by atoms with Gasteiger partial charge in [-0.2, -0.15) is 0 Å². The van der Waals surface area contributed by atoms with Crippen molar-refractivity contribution in [3.8, 4) is 0 Å². The average Bonchev–Trinajstić information content (AvgIpc) is 2.21. The lowest BCUT2D eigenvalue weighted by Gasteiger charge is -2.25. The molecule has 0 aliphatic heterocycles. The fourth-order valence-corrected chi connectivity index (χ4v) is 1.35. The van der Waals surface area contributed by atoms with Crippen molar-refractivity contribution in [1.82, 2.24) is 0 Å². The fourth-order valence-electron chi connectivity index (χ4n) is 0.856. The Bertz CT molecular complexity index is 263. The number of carbonyl (C=O) groups is 1. The molecule has 96 valence electrons. The number of aliphatic hydroxyl groups is 4. The molecule has 0 unspecified atom stereocenters. The second-order valence-electron chi connectivity index (χ2n) is 2.93. The van der Waals surface area contributed by atoms with Crippen LogP contribution in [0.4, 0.5) is 0 Å². The standard InChI is InChI=1S/C6H13O9P/c7-1-3(9)5(10)6(11)4(2-8)15-16(12,13)14/h2-7,9-11H,1H2,(H2,12,13,14)/t3-,4+,5-,6+/m1/s1. The van der Waals surface area contributed by atoms with Crippen LogP contribution in [-0.4, -0.2) is 67.5 Å². The third kappa shape index (κ3) is 5.10. The predicted molar refractivity (Wildman–Crippen MR) is 48.1 cm³/mol.